The highest BCUT2D eigenvalue weighted by atomic mass is 32.2. The van der Waals surface area contributed by atoms with Gasteiger partial charge in [0.15, 0.2) is 0 Å². The number of carbonyl (C=O) groups is 1. The van der Waals surface area contributed by atoms with Crippen molar-refractivity contribution in [3.63, 3.8) is 0 Å². The maximum absolute atomic E-state index is 13.2. The number of nitrogens with zero attached hydrogens (tertiary/aromatic N) is 3. The van der Waals surface area contributed by atoms with Gasteiger partial charge in [-0.1, -0.05) is 37.1 Å². The van der Waals surface area contributed by atoms with E-state index in [1.165, 1.54) is 10.4 Å². The van der Waals surface area contributed by atoms with Crippen molar-refractivity contribution in [3.05, 3.63) is 64.6 Å². The van der Waals surface area contributed by atoms with Crippen LogP contribution in [0.25, 0.3) is 10.8 Å². The molecule has 1 fully saturated rings. The van der Waals surface area contributed by atoms with Gasteiger partial charge in [0, 0.05) is 24.2 Å². The zero-order valence-electron chi connectivity index (χ0n) is 18.0. The topological polar surface area (TPSA) is 101 Å². The standard InChI is InChI=1S/C23H26N4O4S/c1-17-10-11-19(14-21(17)32(30,31)26-12-6-2-3-7-13-26)25-22(28)16-27-23(29)20-9-5-4-8-18(20)15-24-27/h4-5,8-11,14-15H,2-3,6-7,12-13,16H2,1H3,(H,25,28). The molecule has 9 heteroatoms. The van der Waals surface area contributed by atoms with Crippen molar-refractivity contribution in [3.8, 4) is 0 Å². The van der Waals surface area contributed by atoms with Crippen molar-refractivity contribution in [2.24, 2.45) is 0 Å². The first kappa shape index (κ1) is 22.2. The Morgan fingerprint density at radius 2 is 1.78 bits per heavy atom. The lowest BCUT2D eigenvalue weighted by Crippen LogP contribution is -2.32. The lowest BCUT2D eigenvalue weighted by Gasteiger charge is -2.21. The van der Waals surface area contributed by atoms with E-state index in [2.05, 4.69) is 10.4 Å². The molecule has 1 N–H and O–H groups in total. The highest BCUT2D eigenvalue weighted by Crippen LogP contribution is 2.25. The number of sulfonamides is 1. The number of carbonyl (C=O) groups excluding carboxylic acids is 1. The lowest BCUT2D eigenvalue weighted by molar-refractivity contribution is -0.117. The third kappa shape index (κ3) is 4.58. The molecule has 0 bridgehead atoms. The molecule has 168 valence electrons. The molecule has 1 saturated heterocycles. The van der Waals surface area contributed by atoms with Crippen LogP contribution in [-0.2, 0) is 21.4 Å². The first-order chi connectivity index (χ1) is 15.4. The van der Waals surface area contributed by atoms with Crippen LogP contribution in [0.5, 0.6) is 0 Å². The van der Waals surface area contributed by atoms with Gasteiger partial charge in [-0.15, -0.1) is 0 Å². The number of anilines is 1. The molecule has 1 aliphatic rings. The van der Waals surface area contributed by atoms with Crippen LogP contribution in [0.2, 0.25) is 0 Å². The minimum atomic E-state index is -3.65. The van der Waals surface area contributed by atoms with Gasteiger partial charge >= 0.3 is 0 Å². The zero-order chi connectivity index (χ0) is 22.7. The Labute approximate surface area is 186 Å². The lowest BCUT2D eigenvalue weighted by atomic mass is 10.2. The average Bonchev–Trinajstić information content (AvgIpc) is 3.07. The molecule has 0 atom stereocenters. The first-order valence-corrected chi connectivity index (χ1v) is 12.2. The first-order valence-electron chi connectivity index (χ1n) is 10.7. The molecular weight excluding hydrogens is 428 g/mol. The molecular formula is C23H26N4O4S. The average molecular weight is 455 g/mol. The molecule has 3 aromatic rings. The second-order valence-corrected chi connectivity index (χ2v) is 9.95. The summed E-state index contributed by atoms with van der Waals surface area (Å²) in [6.07, 6.45) is 5.30. The summed E-state index contributed by atoms with van der Waals surface area (Å²) in [7, 11) is -3.65. The molecule has 0 spiro atoms. The van der Waals surface area contributed by atoms with Gasteiger partial charge in [0.25, 0.3) is 5.56 Å². The van der Waals surface area contributed by atoms with E-state index in [9.17, 15) is 18.0 Å². The molecule has 4 rings (SSSR count). The molecule has 0 saturated carbocycles. The van der Waals surface area contributed by atoms with Gasteiger partial charge in [0.2, 0.25) is 15.9 Å². The number of nitrogens with one attached hydrogen (secondary N) is 1. The van der Waals surface area contributed by atoms with E-state index < -0.39 is 15.9 Å². The van der Waals surface area contributed by atoms with Crippen LogP contribution in [-0.4, -0.2) is 41.5 Å². The highest BCUT2D eigenvalue weighted by Gasteiger charge is 2.27. The van der Waals surface area contributed by atoms with Gasteiger partial charge in [-0.2, -0.15) is 9.40 Å². The van der Waals surface area contributed by atoms with Gasteiger partial charge < -0.3 is 5.32 Å². The molecule has 32 heavy (non-hydrogen) atoms. The summed E-state index contributed by atoms with van der Waals surface area (Å²) in [5.41, 5.74) is 0.633. The molecule has 2 aromatic carbocycles. The number of hydrogen-bond donors (Lipinski definition) is 1. The normalized spacial score (nSPS) is 15.4. The third-order valence-electron chi connectivity index (χ3n) is 5.71. The smallest absolute Gasteiger partial charge is 0.275 e. The molecule has 0 unspecified atom stereocenters. The molecule has 1 amide bonds. The van der Waals surface area contributed by atoms with Crippen molar-refractivity contribution in [2.75, 3.05) is 18.4 Å². The van der Waals surface area contributed by atoms with E-state index in [-0.39, 0.29) is 17.0 Å². The van der Waals surface area contributed by atoms with Gasteiger partial charge in [-0.25, -0.2) is 13.1 Å². The molecule has 1 aromatic heterocycles. The summed E-state index contributed by atoms with van der Waals surface area (Å²) in [5, 5.41) is 7.96. The Hall–Kier alpha value is -3.04. The van der Waals surface area contributed by atoms with E-state index in [1.807, 2.05) is 6.07 Å². The fourth-order valence-corrected chi connectivity index (χ4v) is 5.72. The van der Waals surface area contributed by atoms with Gasteiger partial charge in [0.1, 0.15) is 6.54 Å². The second-order valence-electron chi connectivity index (χ2n) is 8.04. The van der Waals surface area contributed by atoms with Crippen LogP contribution in [0, 0.1) is 6.92 Å². The van der Waals surface area contributed by atoms with Crippen molar-refractivity contribution in [1.82, 2.24) is 14.1 Å². The third-order valence-corrected chi connectivity index (χ3v) is 7.75. The zero-order valence-corrected chi connectivity index (χ0v) is 18.8. The van der Waals surface area contributed by atoms with Crippen LogP contribution in [0.15, 0.2) is 58.4 Å². The quantitative estimate of drug-likeness (QED) is 0.639. The van der Waals surface area contributed by atoms with E-state index in [1.54, 1.807) is 43.5 Å². The molecule has 2 heterocycles. The SMILES string of the molecule is Cc1ccc(NC(=O)Cn2ncc3ccccc3c2=O)cc1S(=O)(=O)N1CCCCCC1. The number of rotatable bonds is 5. The number of aryl methyl sites for hydroxylation is 1. The van der Waals surface area contributed by atoms with Gasteiger partial charge in [-0.3, -0.25) is 9.59 Å². The molecule has 0 aliphatic carbocycles. The maximum Gasteiger partial charge on any atom is 0.275 e. The number of fused-ring (bicyclic) bond motifs is 1. The molecule has 8 nitrogen and oxygen atoms in total. The monoisotopic (exact) mass is 454 g/mol. The Morgan fingerprint density at radius 1 is 1.06 bits per heavy atom. The largest absolute Gasteiger partial charge is 0.324 e. The molecule has 1 aliphatic heterocycles. The van der Waals surface area contributed by atoms with Crippen LogP contribution >= 0.6 is 0 Å². The van der Waals surface area contributed by atoms with Gasteiger partial charge in [0.05, 0.1) is 16.5 Å². The van der Waals surface area contributed by atoms with Crippen LogP contribution < -0.4 is 10.9 Å². The van der Waals surface area contributed by atoms with Crippen molar-refractivity contribution >= 4 is 32.4 Å². The summed E-state index contributed by atoms with van der Waals surface area (Å²) in [4.78, 5) is 25.4. The van der Waals surface area contributed by atoms with Crippen molar-refractivity contribution < 1.29 is 13.2 Å². The number of amides is 1. The van der Waals surface area contributed by atoms with Crippen LogP contribution in [0.3, 0.4) is 0 Å². The fourth-order valence-electron chi connectivity index (χ4n) is 3.95. The second kappa shape index (κ2) is 9.22. The summed E-state index contributed by atoms with van der Waals surface area (Å²) in [6, 6.07) is 11.9. The Morgan fingerprint density at radius 3 is 2.53 bits per heavy atom. The Bertz CT molecular complexity index is 1310. The maximum atomic E-state index is 13.2. The highest BCUT2D eigenvalue weighted by molar-refractivity contribution is 7.89. The Kier molecular flexibility index (Phi) is 6.38. The Balaban J connectivity index is 1.54. The number of benzene rings is 2. The minimum Gasteiger partial charge on any atom is -0.324 e. The van der Waals surface area contributed by atoms with Crippen molar-refractivity contribution in [1.29, 1.82) is 0 Å². The summed E-state index contributed by atoms with van der Waals surface area (Å²) in [6.45, 7) is 2.49. The predicted octanol–water partition coefficient (Wildman–Crippen LogP) is 2.91. The van der Waals surface area contributed by atoms with Crippen molar-refractivity contribution in [2.45, 2.75) is 44.0 Å². The summed E-state index contributed by atoms with van der Waals surface area (Å²) >= 11 is 0. The summed E-state index contributed by atoms with van der Waals surface area (Å²) < 4.78 is 29.1. The summed E-state index contributed by atoms with van der Waals surface area (Å²) in [5.74, 6) is -0.461. The predicted molar refractivity (Wildman–Crippen MR) is 123 cm³/mol. The van der Waals surface area contributed by atoms with Crippen LogP contribution in [0.1, 0.15) is 31.2 Å². The van der Waals surface area contributed by atoms with Gasteiger partial charge in [-0.05, 0) is 43.5 Å². The fraction of sp³-hybridized carbons (Fsp3) is 0.348. The van der Waals surface area contributed by atoms with E-state index >= 15 is 0 Å². The van der Waals surface area contributed by atoms with Crippen LogP contribution in [0.4, 0.5) is 5.69 Å². The minimum absolute atomic E-state index is 0.193. The molecule has 0 radical (unpaired) electrons. The van der Waals surface area contributed by atoms with E-state index in [0.29, 0.717) is 35.1 Å². The van der Waals surface area contributed by atoms with E-state index in [4.69, 9.17) is 0 Å². The number of hydrogen-bond acceptors (Lipinski definition) is 5. The number of aromatic nitrogens is 2. The van der Waals surface area contributed by atoms with E-state index in [0.717, 1.165) is 30.4 Å².